The van der Waals surface area contributed by atoms with Crippen molar-refractivity contribution in [2.45, 2.75) is 19.3 Å². The average molecular weight is 457 g/mol. The first-order valence-corrected chi connectivity index (χ1v) is 11.1. The number of nitrogens with zero attached hydrogens (tertiary/aromatic N) is 3. The summed E-state index contributed by atoms with van der Waals surface area (Å²) in [5.41, 5.74) is 1.88. The monoisotopic (exact) mass is 456 g/mol. The fraction of sp³-hybridized carbons (Fsp3) is 0.333. The maximum absolute atomic E-state index is 14.0. The van der Waals surface area contributed by atoms with Crippen molar-refractivity contribution in [1.29, 1.82) is 0 Å². The normalized spacial score (nSPS) is 14.3. The third-order valence-corrected chi connectivity index (χ3v) is 5.90. The van der Waals surface area contributed by atoms with Crippen LogP contribution in [0.15, 0.2) is 48.7 Å². The number of anilines is 1. The SMILES string of the molecule is Cn1ncc(Cl)c1-c1cc(NC(=O)c2ccccc2F)ccc1OCCN1CCCCC1. The number of carbonyl (C=O) groups is 1. The van der Waals surface area contributed by atoms with Crippen molar-refractivity contribution in [1.82, 2.24) is 14.7 Å². The standard InChI is InChI=1S/C24H26ClFN4O2/c1-29-23(20(25)16-27-29)19-15-17(28-24(31)18-7-3-4-8-21(18)26)9-10-22(19)32-14-13-30-11-5-2-6-12-30/h3-4,7-10,15-16H,2,5-6,11-14H2,1H3,(H,28,31). The number of hydrogen-bond acceptors (Lipinski definition) is 4. The molecule has 0 radical (unpaired) electrons. The first-order valence-electron chi connectivity index (χ1n) is 10.8. The number of carbonyl (C=O) groups excluding carboxylic acids is 1. The highest BCUT2D eigenvalue weighted by molar-refractivity contribution is 6.33. The van der Waals surface area contributed by atoms with Crippen molar-refractivity contribution in [2.24, 2.45) is 7.05 Å². The molecule has 2 heterocycles. The molecular formula is C24H26ClFN4O2. The number of ether oxygens (including phenoxy) is 1. The average Bonchev–Trinajstić information content (AvgIpc) is 3.13. The quantitative estimate of drug-likeness (QED) is 0.543. The molecule has 1 aromatic heterocycles. The number of aromatic nitrogens is 2. The van der Waals surface area contributed by atoms with E-state index in [0.29, 0.717) is 34.3 Å². The van der Waals surface area contributed by atoms with Gasteiger partial charge in [-0.2, -0.15) is 5.10 Å². The fourth-order valence-electron chi connectivity index (χ4n) is 3.94. The summed E-state index contributed by atoms with van der Waals surface area (Å²) in [6.07, 6.45) is 5.32. The minimum absolute atomic E-state index is 0.0190. The zero-order valence-electron chi connectivity index (χ0n) is 18.0. The van der Waals surface area contributed by atoms with Crippen molar-refractivity contribution in [2.75, 3.05) is 31.6 Å². The van der Waals surface area contributed by atoms with Gasteiger partial charge in [-0.05, 0) is 56.3 Å². The molecule has 0 aliphatic carbocycles. The van der Waals surface area contributed by atoms with Gasteiger partial charge in [0, 0.05) is 24.8 Å². The molecular weight excluding hydrogens is 431 g/mol. The maximum atomic E-state index is 14.0. The summed E-state index contributed by atoms with van der Waals surface area (Å²) in [5, 5.41) is 7.46. The Balaban J connectivity index is 1.56. The number of nitrogens with one attached hydrogen (secondary N) is 1. The van der Waals surface area contributed by atoms with Crippen LogP contribution >= 0.6 is 11.6 Å². The summed E-state index contributed by atoms with van der Waals surface area (Å²) in [4.78, 5) is 15.0. The Hall–Kier alpha value is -2.90. The van der Waals surface area contributed by atoms with Gasteiger partial charge in [0.25, 0.3) is 5.91 Å². The van der Waals surface area contributed by atoms with E-state index in [1.165, 1.54) is 31.4 Å². The Morgan fingerprint density at radius 1 is 1.19 bits per heavy atom. The van der Waals surface area contributed by atoms with E-state index >= 15 is 0 Å². The van der Waals surface area contributed by atoms with Crippen LogP contribution in [0.5, 0.6) is 5.75 Å². The predicted octanol–water partition coefficient (Wildman–Crippen LogP) is 5.00. The minimum atomic E-state index is -0.572. The van der Waals surface area contributed by atoms with E-state index in [4.69, 9.17) is 16.3 Å². The molecule has 32 heavy (non-hydrogen) atoms. The fourth-order valence-corrected chi connectivity index (χ4v) is 4.21. The summed E-state index contributed by atoms with van der Waals surface area (Å²) in [7, 11) is 1.79. The third-order valence-electron chi connectivity index (χ3n) is 5.62. The topological polar surface area (TPSA) is 59.4 Å². The van der Waals surface area contributed by atoms with E-state index < -0.39 is 11.7 Å². The van der Waals surface area contributed by atoms with Crippen LogP contribution in [-0.2, 0) is 7.05 Å². The summed E-state index contributed by atoms with van der Waals surface area (Å²) in [5.74, 6) is -0.446. The lowest BCUT2D eigenvalue weighted by molar-refractivity contribution is 0.102. The molecule has 168 valence electrons. The first-order chi connectivity index (χ1) is 15.5. The van der Waals surface area contributed by atoms with Gasteiger partial charge in [0.15, 0.2) is 0 Å². The van der Waals surface area contributed by atoms with Gasteiger partial charge in [-0.15, -0.1) is 0 Å². The molecule has 8 heteroatoms. The van der Waals surface area contributed by atoms with Crippen LogP contribution < -0.4 is 10.1 Å². The van der Waals surface area contributed by atoms with Crippen LogP contribution in [0.1, 0.15) is 29.6 Å². The van der Waals surface area contributed by atoms with Gasteiger partial charge in [-0.25, -0.2) is 4.39 Å². The van der Waals surface area contributed by atoms with Crippen LogP contribution in [0.4, 0.5) is 10.1 Å². The second-order valence-electron chi connectivity index (χ2n) is 7.86. The molecule has 3 aromatic rings. The van der Waals surface area contributed by atoms with Crippen LogP contribution in [-0.4, -0.2) is 46.8 Å². The Bertz CT molecular complexity index is 1080. The second kappa shape index (κ2) is 10.1. The van der Waals surface area contributed by atoms with Crippen molar-refractivity contribution in [3.05, 3.63) is 65.1 Å². The van der Waals surface area contributed by atoms with Crippen LogP contribution in [0, 0.1) is 5.82 Å². The molecule has 1 amide bonds. The molecule has 0 unspecified atom stereocenters. The van der Waals surface area contributed by atoms with E-state index in [-0.39, 0.29) is 5.56 Å². The van der Waals surface area contributed by atoms with Gasteiger partial charge in [0.1, 0.15) is 18.2 Å². The number of piperidine rings is 1. The number of benzene rings is 2. The lowest BCUT2D eigenvalue weighted by Crippen LogP contribution is -2.33. The van der Waals surface area contributed by atoms with Gasteiger partial charge >= 0.3 is 0 Å². The largest absolute Gasteiger partial charge is 0.492 e. The van der Waals surface area contributed by atoms with Crippen molar-refractivity contribution in [3.8, 4) is 17.0 Å². The van der Waals surface area contributed by atoms with Gasteiger partial charge in [-0.3, -0.25) is 14.4 Å². The predicted molar refractivity (Wildman–Crippen MR) is 124 cm³/mol. The molecule has 1 aliphatic heterocycles. The number of likely N-dealkylation sites (tertiary alicyclic amines) is 1. The summed E-state index contributed by atoms with van der Waals surface area (Å²) < 4.78 is 21.8. The smallest absolute Gasteiger partial charge is 0.258 e. The molecule has 1 saturated heterocycles. The molecule has 1 fully saturated rings. The number of halogens is 2. The van der Waals surface area contributed by atoms with E-state index in [0.717, 1.165) is 19.6 Å². The van der Waals surface area contributed by atoms with Gasteiger partial charge in [0.2, 0.25) is 0 Å². The molecule has 0 atom stereocenters. The highest BCUT2D eigenvalue weighted by Gasteiger charge is 2.18. The number of hydrogen-bond donors (Lipinski definition) is 1. The Morgan fingerprint density at radius 2 is 1.97 bits per heavy atom. The van der Waals surface area contributed by atoms with Gasteiger partial charge in [-0.1, -0.05) is 30.2 Å². The van der Waals surface area contributed by atoms with E-state index in [2.05, 4.69) is 15.3 Å². The van der Waals surface area contributed by atoms with Crippen molar-refractivity contribution < 1.29 is 13.9 Å². The van der Waals surface area contributed by atoms with Crippen LogP contribution in [0.25, 0.3) is 11.3 Å². The number of amides is 1. The molecule has 1 N–H and O–H groups in total. The number of aryl methyl sites for hydroxylation is 1. The Labute approximate surface area is 191 Å². The molecule has 0 saturated carbocycles. The summed E-state index contributed by atoms with van der Waals surface area (Å²) in [6, 6.07) is 11.2. The minimum Gasteiger partial charge on any atom is -0.492 e. The molecule has 1 aliphatic rings. The highest BCUT2D eigenvalue weighted by Crippen LogP contribution is 2.36. The molecule has 6 nitrogen and oxygen atoms in total. The molecule has 4 rings (SSSR count). The van der Waals surface area contributed by atoms with E-state index in [1.807, 2.05) is 0 Å². The third kappa shape index (κ3) is 5.11. The molecule has 0 spiro atoms. The zero-order chi connectivity index (χ0) is 22.5. The van der Waals surface area contributed by atoms with Gasteiger partial charge < -0.3 is 10.1 Å². The van der Waals surface area contributed by atoms with Gasteiger partial charge in [0.05, 0.1) is 22.5 Å². The zero-order valence-corrected chi connectivity index (χ0v) is 18.7. The summed E-state index contributed by atoms with van der Waals surface area (Å²) >= 11 is 6.40. The Morgan fingerprint density at radius 3 is 2.69 bits per heavy atom. The van der Waals surface area contributed by atoms with Crippen molar-refractivity contribution >= 4 is 23.2 Å². The van der Waals surface area contributed by atoms with E-state index in [9.17, 15) is 9.18 Å². The lowest BCUT2D eigenvalue weighted by Gasteiger charge is -2.26. The number of rotatable bonds is 7. The molecule has 2 aromatic carbocycles. The Kier molecular flexibility index (Phi) is 7.07. The van der Waals surface area contributed by atoms with E-state index in [1.54, 1.807) is 48.3 Å². The summed E-state index contributed by atoms with van der Waals surface area (Å²) in [6.45, 7) is 3.60. The van der Waals surface area contributed by atoms with Crippen LogP contribution in [0.3, 0.4) is 0 Å². The first kappa shape index (κ1) is 22.3. The lowest BCUT2D eigenvalue weighted by atomic mass is 10.1. The maximum Gasteiger partial charge on any atom is 0.258 e. The second-order valence-corrected chi connectivity index (χ2v) is 8.27. The van der Waals surface area contributed by atoms with Crippen molar-refractivity contribution in [3.63, 3.8) is 0 Å². The van der Waals surface area contributed by atoms with Crippen LogP contribution in [0.2, 0.25) is 5.02 Å². The highest BCUT2D eigenvalue weighted by atomic mass is 35.5. The molecule has 0 bridgehead atoms.